The minimum Gasteiger partial charge on any atom is -0.493 e. The molecule has 156 valence electrons. The molecule has 0 unspecified atom stereocenters. The summed E-state index contributed by atoms with van der Waals surface area (Å²) in [6, 6.07) is 16.0. The van der Waals surface area contributed by atoms with Crippen LogP contribution in [0, 0.1) is 6.92 Å². The summed E-state index contributed by atoms with van der Waals surface area (Å²) in [7, 11) is -3.51. The minimum atomic E-state index is -3.51. The van der Waals surface area contributed by atoms with E-state index in [9.17, 15) is 13.2 Å². The van der Waals surface area contributed by atoms with Crippen molar-refractivity contribution < 1.29 is 17.9 Å². The highest BCUT2D eigenvalue weighted by Gasteiger charge is 2.29. The van der Waals surface area contributed by atoms with Crippen LogP contribution in [0.15, 0.2) is 59.5 Å². The van der Waals surface area contributed by atoms with Crippen LogP contribution in [0.25, 0.3) is 0 Å². The lowest BCUT2D eigenvalue weighted by molar-refractivity contribution is 0.171. The molecule has 1 aliphatic heterocycles. The van der Waals surface area contributed by atoms with Gasteiger partial charge in [0.2, 0.25) is 10.0 Å². The number of carbonyl (C=O) groups is 1. The third kappa shape index (κ3) is 5.48. The topological polar surface area (TPSA) is 79.0 Å². The number of rotatable bonds is 7. The monoisotopic (exact) mass is 417 g/mol. The second-order valence-corrected chi connectivity index (χ2v) is 8.84. The molecular weight excluding hydrogens is 390 g/mol. The molecule has 2 aromatic carbocycles. The van der Waals surface area contributed by atoms with Gasteiger partial charge < -0.3 is 15.0 Å². The summed E-state index contributed by atoms with van der Waals surface area (Å²) in [5.41, 5.74) is 1.08. The van der Waals surface area contributed by atoms with E-state index in [0.717, 1.165) is 11.3 Å². The predicted octanol–water partition coefficient (Wildman–Crippen LogP) is 2.48. The van der Waals surface area contributed by atoms with Gasteiger partial charge in [0.05, 0.1) is 11.5 Å². The average molecular weight is 418 g/mol. The molecule has 3 rings (SSSR count). The van der Waals surface area contributed by atoms with Crippen molar-refractivity contribution in [1.82, 2.24) is 14.5 Å². The van der Waals surface area contributed by atoms with Gasteiger partial charge in [-0.25, -0.2) is 13.2 Å². The van der Waals surface area contributed by atoms with Crippen LogP contribution in [0.1, 0.15) is 12.0 Å². The molecule has 0 aliphatic carbocycles. The first kappa shape index (κ1) is 21.1. The minimum absolute atomic E-state index is 0.169. The number of ether oxygens (including phenoxy) is 1. The zero-order chi connectivity index (χ0) is 20.7. The maximum absolute atomic E-state index is 12.6. The van der Waals surface area contributed by atoms with E-state index in [1.54, 1.807) is 35.2 Å². The molecule has 2 amide bonds. The van der Waals surface area contributed by atoms with Gasteiger partial charge in [-0.2, -0.15) is 4.31 Å². The molecule has 0 atom stereocenters. The molecule has 8 heteroatoms. The molecule has 1 fully saturated rings. The number of sulfonamides is 1. The van der Waals surface area contributed by atoms with Crippen LogP contribution in [-0.2, 0) is 10.0 Å². The number of nitrogens with one attached hydrogen (secondary N) is 1. The van der Waals surface area contributed by atoms with Crippen LogP contribution in [0.5, 0.6) is 5.75 Å². The van der Waals surface area contributed by atoms with Crippen LogP contribution >= 0.6 is 0 Å². The molecule has 0 bridgehead atoms. The lowest BCUT2D eigenvalue weighted by Crippen LogP contribution is -2.53. The summed E-state index contributed by atoms with van der Waals surface area (Å²) in [5.74, 6) is 0.856. The van der Waals surface area contributed by atoms with Crippen molar-refractivity contribution in [3.05, 3.63) is 60.2 Å². The Bertz CT molecular complexity index is 911. The van der Waals surface area contributed by atoms with Crippen molar-refractivity contribution in [2.24, 2.45) is 0 Å². The average Bonchev–Trinajstić information content (AvgIpc) is 2.75. The van der Waals surface area contributed by atoms with Crippen molar-refractivity contribution in [2.75, 3.05) is 39.3 Å². The number of amides is 2. The van der Waals surface area contributed by atoms with E-state index in [1.165, 1.54) is 4.31 Å². The van der Waals surface area contributed by atoms with E-state index >= 15 is 0 Å². The highest BCUT2D eigenvalue weighted by Crippen LogP contribution is 2.17. The third-order valence-corrected chi connectivity index (χ3v) is 6.77. The van der Waals surface area contributed by atoms with Crippen LogP contribution in [0.4, 0.5) is 4.79 Å². The Morgan fingerprint density at radius 2 is 1.66 bits per heavy atom. The summed E-state index contributed by atoms with van der Waals surface area (Å²) in [6.07, 6.45) is 0.697. The van der Waals surface area contributed by atoms with Crippen molar-refractivity contribution in [1.29, 1.82) is 0 Å². The number of hydrogen-bond acceptors (Lipinski definition) is 4. The molecule has 1 saturated heterocycles. The maximum Gasteiger partial charge on any atom is 0.317 e. The number of para-hydroxylation sites is 1. The Kier molecular flexibility index (Phi) is 7.11. The maximum atomic E-state index is 12.6. The van der Waals surface area contributed by atoms with E-state index in [-0.39, 0.29) is 10.9 Å². The van der Waals surface area contributed by atoms with Gasteiger partial charge in [0, 0.05) is 32.7 Å². The van der Waals surface area contributed by atoms with Crippen molar-refractivity contribution in [2.45, 2.75) is 18.2 Å². The fourth-order valence-electron chi connectivity index (χ4n) is 3.15. The van der Waals surface area contributed by atoms with Crippen LogP contribution in [0.2, 0.25) is 0 Å². The number of aryl methyl sites for hydroxylation is 1. The molecule has 1 aliphatic rings. The van der Waals surface area contributed by atoms with Gasteiger partial charge in [-0.15, -0.1) is 0 Å². The van der Waals surface area contributed by atoms with Gasteiger partial charge in [0.25, 0.3) is 0 Å². The van der Waals surface area contributed by atoms with E-state index in [2.05, 4.69) is 5.32 Å². The molecular formula is C21H27N3O4S. The highest BCUT2D eigenvalue weighted by atomic mass is 32.2. The molecule has 0 spiro atoms. The fourth-order valence-corrected chi connectivity index (χ4v) is 4.60. The first-order valence-electron chi connectivity index (χ1n) is 9.75. The standard InChI is InChI=1S/C21H27N3O4S/c1-18-8-5-6-11-20(18)28-17-7-12-22-21(25)23-13-15-24(16-14-23)29(26,27)19-9-3-2-4-10-19/h2-6,8-11H,7,12-17H2,1H3,(H,22,25). The van der Waals surface area contributed by atoms with Crippen LogP contribution in [0.3, 0.4) is 0 Å². The van der Waals surface area contributed by atoms with Gasteiger partial charge in [-0.05, 0) is 37.1 Å². The molecule has 7 nitrogen and oxygen atoms in total. The van der Waals surface area contributed by atoms with E-state index in [0.29, 0.717) is 45.8 Å². The third-order valence-electron chi connectivity index (χ3n) is 4.86. The van der Waals surface area contributed by atoms with Crippen molar-refractivity contribution in [3.63, 3.8) is 0 Å². The van der Waals surface area contributed by atoms with Gasteiger partial charge in [-0.3, -0.25) is 0 Å². The largest absolute Gasteiger partial charge is 0.493 e. The Balaban J connectivity index is 1.38. The molecule has 1 N–H and O–H groups in total. The van der Waals surface area contributed by atoms with Gasteiger partial charge in [0.1, 0.15) is 5.75 Å². The number of carbonyl (C=O) groups excluding carboxylic acids is 1. The molecule has 29 heavy (non-hydrogen) atoms. The normalized spacial score (nSPS) is 15.1. The number of hydrogen-bond donors (Lipinski definition) is 1. The summed E-state index contributed by atoms with van der Waals surface area (Å²) in [5, 5.41) is 2.88. The fraction of sp³-hybridized carbons (Fsp3) is 0.381. The van der Waals surface area contributed by atoms with E-state index in [1.807, 2.05) is 31.2 Å². The van der Waals surface area contributed by atoms with Gasteiger partial charge >= 0.3 is 6.03 Å². The molecule has 0 radical (unpaired) electrons. The van der Waals surface area contributed by atoms with E-state index in [4.69, 9.17) is 4.74 Å². The van der Waals surface area contributed by atoms with E-state index < -0.39 is 10.0 Å². The lowest BCUT2D eigenvalue weighted by Gasteiger charge is -2.34. The molecule has 2 aromatic rings. The Labute approximate surface area is 172 Å². The quantitative estimate of drug-likeness (QED) is 0.702. The predicted molar refractivity (Wildman–Crippen MR) is 111 cm³/mol. The van der Waals surface area contributed by atoms with Gasteiger partial charge in [0.15, 0.2) is 0 Å². The molecule has 1 heterocycles. The van der Waals surface area contributed by atoms with Crippen molar-refractivity contribution in [3.8, 4) is 5.75 Å². The zero-order valence-electron chi connectivity index (χ0n) is 16.6. The Morgan fingerprint density at radius 1 is 1.00 bits per heavy atom. The number of nitrogens with zero attached hydrogens (tertiary/aromatic N) is 2. The summed E-state index contributed by atoms with van der Waals surface area (Å²) >= 11 is 0. The van der Waals surface area contributed by atoms with Gasteiger partial charge in [-0.1, -0.05) is 36.4 Å². The Morgan fingerprint density at radius 3 is 2.34 bits per heavy atom. The number of piperazine rings is 1. The summed E-state index contributed by atoms with van der Waals surface area (Å²) in [6.45, 7) is 4.35. The smallest absolute Gasteiger partial charge is 0.317 e. The summed E-state index contributed by atoms with van der Waals surface area (Å²) < 4.78 is 32.4. The Hall–Kier alpha value is -2.58. The zero-order valence-corrected chi connectivity index (χ0v) is 17.4. The molecule has 0 aromatic heterocycles. The number of benzene rings is 2. The first-order chi connectivity index (χ1) is 14.0. The highest BCUT2D eigenvalue weighted by molar-refractivity contribution is 7.89. The SMILES string of the molecule is Cc1ccccc1OCCCNC(=O)N1CCN(S(=O)(=O)c2ccccc2)CC1. The van der Waals surface area contributed by atoms with Crippen molar-refractivity contribution >= 4 is 16.1 Å². The van der Waals surface area contributed by atoms with Crippen LogP contribution < -0.4 is 10.1 Å². The lowest BCUT2D eigenvalue weighted by atomic mass is 10.2. The first-order valence-corrected chi connectivity index (χ1v) is 11.2. The summed E-state index contributed by atoms with van der Waals surface area (Å²) in [4.78, 5) is 14.3. The second kappa shape index (κ2) is 9.76. The van der Waals surface area contributed by atoms with Crippen LogP contribution in [-0.4, -0.2) is 63.0 Å². The molecule has 0 saturated carbocycles. The second-order valence-electron chi connectivity index (χ2n) is 6.90. The number of urea groups is 1.